The third-order valence-corrected chi connectivity index (χ3v) is 6.20. The number of piperazine rings is 1. The lowest BCUT2D eigenvalue weighted by molar-refractivity contribution is 0.587. The summed E-state index contributed by atoms with van der Waals surface area (Å²) in [7, 11) is -0.249. The van der Waals surface area contributed by atoms with E-state index in [-0.39, 0.29) is 27.9 Å². The number of nitrogens with one attached hydrogen (secondary N) is 1. The monoisotopic (exact) mass is 354 g/mol. The average molecular weight is 355 g/mol. The van der Waals surface area contributed by atoms with Crippen molar-refractivity contribution < 1.29 is 0 Å². The molecular formula is C16H23BrN2S. The molecule has 4 heteroatoms. The highest BCUT2D eigenvalue weighted by molar-refractivity contribution is 8.93. The summed E-state index contributed by atoms with van der Waals surface area (Å²) in [6, 6.07) is 8.95. The Hall–Kier alpha value is -0.710. The summed E-state index contributed by atoms with van der Waals surface area (Å²) >= 11 is 0. The Bertz CT molecular complexity index is 533. The van der Waals surface area contributed by atoms with E-state index in [1.54, 1.807) is 0 Å². The van der Waals surface area contributed by atoms with Gasteiger partial charge in [-0.2, -0.15) is 10.9 Å². The zero-order valence-electron chi connectivity index (χ0n) is 12.1. The van der Waals surface area contributed by atoms with Crippen LogP contribution < -0.4 is 10.2 Å². The van der Waals surface area contributed by atoms with Crippen LogP contribution in [0.1, 0.15) is 13.8 Å². The van der Waals surface area contributed by atoms with E-state index in [4.69, 9.17) is 0 Å². The average Bonchev–Trinajstić information content (AvgIpc) is 2.79. The summed E-state index contributed by atoms with van der Waals surface area (Å²) in [5, 5.41) is 5.88. The van der Waals surface area contributed by atoms with Crippen LogP contribution >= 0.6 is 27.9 Å². The molecule has 2 aliphatic heterocycles. The molecule has 1 atom stereocenters. The van der Waals surface area contributed by atoms with Gasteiger partial charge in [-0.1, -0.05) is 18.2 Å². The molecule has 2 aliphatic rings. The van der Waals surface area contributed by atoms with E-state index in [1.165, 1.54) is 21.1 Å². The van der Waals surface area contributed by atoms with Gasteiger partial charge in [0.2, 0.25) is 0 Å². The van der Waals surface area contributed by atoms with Gasteiger partial charge in [-0.05, 0) is 41.9 Å². The minimum Gasteiger partial charge on any atom is -0.368 e. The minimum atomic E-state index is -0.249. The fraction of sp³-hybridized carbons (Fsp3) is 0.375. The van der Waals surface area contributed by atoms with Crippen molar-refractivity contribution in [3.63, 3.8) is 0 Å². The van der Waals surface area contributed by atoms with E-state index < -0.39 is 0 Å². The highest BCUT2D eigenvalue weighted by atomic mass is 79.9. The molecule has 20 heavy (non-hydrogen) atoms. The fourth-order valence-electron chi connectivity index (χ4n) is 2.84. The van der Waals surface area contributed by atoms with Gasteiger partial charge in [-0.25, -0.2) is 0 Å². The molecule has 0 saturated carbocycles. The molecule has 0 spiro atoms. The van der Waals surface area contributed by atoms with E-state index in [1.807, 2.05) is 0 Å². The maximum atomic E-state index is 3.43. The zero-order valence-corrected chi connectivity index (χ0v) is 14.7. The quantitative estimate of drug-likeness (QED) is 0.784. The Labute approximate surface area is 135 Å². The standard InChI is InChI=1S/C16H22N2S.BrH/c1-13-11-14(2)19(12-13)16-6-4-3-5-15(16)18-9-7-17-8-10-18;/h3-6,11-12,17,19H,7-10H2,1-2H3;1H. The Kier molecular flexibility index (Phi) is 5.35. The van der Waals surface area contributed by atoms with Crippen LogP contribution in [0.4, 0.5) is 5.69 Å². The van der Waals surface area contributed by atoms with E-state index in [9.17, 15) is 0 Å². The molecule has 110 valence electrons. The zero-order chi connectivity index (χ0) is 13.2. The normalized spacial score (nSPS) is 23.9. The fourth-order valence-corrected chi connectivity index (χ4v) is 5.10. The predicted molar refractivity (Wildman–Crippen MR) is 96.6 cm³/mol. The number of thiol groups is 1. The minimum absolute atomic E-state index is 0. The van der Waals surface area contributed by atoms with E-state index in [0.717, 1.165) is 26.2 Å². The Morgan fingerprint density at radius 3 is 2.45 bits per heavy atom. The highest BCUT2D eigenvalue weighted by Crippen LogP contribution is 2.53. The second-order valence-corrected chi connectivity index (χ2v) is 7.44. The number of halogens is 1. The molecular weight excluding hydrogens is 332 g/mol. The molecule has 1 fully saturated rings. The largest absolute Gasteiger partial charge is 0.368 e. The maximum absolute atomic E-state index is 3.43. The Morgan fingerprint density at radius 1 is 1.10 bits per heavy atom. The SMILES string of the molecule is Br.CC1=C[SH](c2ccccc2N2CCNCC2)C(C)=C1. The number of hydrogen-bond acceptors (Lipinski definition) is 2. The number of allylic oxidation sites excluding steroid dienone is 3. The number of nitrogens with zero attached hydrogens (tertiary/aromatic N) is 1. The van der Waals surface area contributed by atoms with Crippen LogP contribution in [0.25, 0.3) is 0 Å². The summed E-state index contributed by atoms with van der Waals surface area (Å²) < 4.78 is 0. The van der Waals surface area contributed by atoms with Crippen molar-refractivity contribution in [2.75, 3.05) is 31.1 Å². The van der Waals surface area contributed by atoms with Crippen molar-refractivity contribution in [2.24, 2.45) is 0 Å². The second kappa shape index (κ2) is 6.83. The first-order valence-corrected chi connectivity index (χ1v) is 8.37. The van der Waals surface area contributed by atoms with Gasteiger partial charge in [0.1, 0.15) is 0 Å². The third-order valence-electron chi connectivity index (χ3n) is 3.75. The molecule has 0 bridgehead atoms. The molecule has 0 radical (unpaired) electrons. The lowest BCUT2D eigenvalue weighted by atomic mass is 10.2. The second-order valence-electron chi connectivity index (χ2n) is 5.25. The van der Waals surface area contributed by atoms with Crippen LogP contribution in [0.5, 0.6) is 0 Å². The topological polar surface area (TPSA) is 15.3 Å². The van der Waals surface area contributed by atoms with Crippen molar-refractivity contribution in [2.45, 2.75) is 18.7 Å². The van der Waals surface area contributed by atoms with Crippen molar-refractivity contribution in [3.05, 3.63) is 46.2 Å². The van der Waals surface area contributed by atoms with Crippen molar-refractivity contribution in [1.29, 1.82) is 0 Å². The molecule has 0 aliphatic carbocycles. The van der Waals surface area contributed by atoms with Crippen LogP contribution in [0.15, 0.2) is 51.1 Å². The number of hydrogen-bond donors (Lipinski definition) is 2. The molecule has 1 aromatic rings. The van der Waals surface area contributed by atoms with E-state index in [2.05, 4.69) is 59.8 Å². The van der Waals surface area contributed by atoms with Crippen LogP contribution in [0.3, 0.4) is 0 Å². The van der Waals surface area contributed by atoms with Gasteiger partial charge in [0.15, 0.2) is 0 Å². The van der Waals surface area contributed by atoms with Crippen LogP contribution in [-0.4, -0.2) is 26.2 Å². The summed E-state index contributed by atoms with van der Waals surface area (Å²) in [6.45, 7) is 8.90. The summed E-state index contributed by atoms with van der Waals surface area (Å²) in [6.07, 6.45) is 2.33. The molecule has 1 N–H and O–H groups in total. The summed E-state index contributed by atoms with van der Waals surface area (Å²) in [5.74, 6) is 0. The van der Waals surface area contributed by atoms with Gasteiger partial charge >= 0.3 is 0 Å². The van der Waals surface area contributed by atoms with Crippen LogP contribution in [-0.2, 0) is 0 Å². The first-order chi connectivity index (χ1) is 9.25. The van der Waals surface area contributed by atoms with Crippen LogP contribution in [0.2, 0.25) is 0 Å². The summed E-state index contributed by atoms with van der Waals surface area (Å²) in [5.41, 5.74) is 2.85. The molecule has 0 amide bonds. The van der Waals surface area contributed by atoms with Gasteiger partial charge in [-0.3, -0.25) is 0 Å². The molecule has 2 nitrogen and oxygen atoms in total. The lowest BCUT2D eigenvalue weighted by Gasteiger charge is -2.33. The van der Waals surface area contributed by atoms with Gasteiger partial charge in [-0.15, -0.1) is 17.0 Å². The van der Waals surface area contributed by atoms with Gasteiger partial charge in [0, 0.05) is 36.8 Å². The van der Waals surface area contributed by atoms with Gasteiger partial charge in [0.05, 0.1) is 0 Å². The number of para-hydroxylation sites is 1. The summed E-state index contributed by atoms with van der Waals surface area (Å²) in [4.78, 5) is 5.57. The number of rotatable bonds is 2. The molecule has 0 aromatic heterocycles. The first-order valence-electron chi connectivity index (χ1n) is 6.96. The Balaban J connectivity index is 0.00000147. The van der Waals surface area contributed by atoms with Crippen LogP contribution in [0, 0.1) is 0 Å². The van der Waals surface area contributed by atoms with E-state index >= 15 is 0 Å². The Morgan fingerprint density at radius 2 is 1.80 bits per heavy atom. The molecule has 1 saturated heterocycles. The smallest absolute Gasteiger partial charge is 0.0494 e. The van der Waals surface area contributed by atoms with Gasteiger partial charge < -0.3 is 10.2 Å². The molecule has 1 unspecified atom stereocenters. The van der Waals surface area contributed by atoms with E-state index in [0.29, 0.717) is 0 Å². The molecule has 3 rings (SSSR count). The van der Waals surface area contributed by atoms with Crippen molar-refractivity contribution in [3.8, 4) is 0 Å². The predicted octanol–water partition coefficient (Wildman–Crippen LogP) is 3.86. The third kappa shape index (κ3) is 3.13. The molecule has 1 aromatic carbocycles. The molecule has 2 heterocycles. The first kappa shape index (κ1) is 15.7. The maximum Gasteiger partial charge on any atom is 0.0494 e. The number of anilines is 1. The highest BCUT2D eigenvalue weighted by Gasteiger charge is 2.19. The number of benzene rings is 1. The van der Waals surface area contributed by atoms with Gasteiger partial charge in [0.25, 0.3) is 0 Å². The van der Waals surface area contributed by atoms with Crippen molar-refractivity contribution in [1.82, 2.24) is 5.32 Å². The lowest BCUT2D eigenvalue weighted by Crippen LogP contribution is -2.43. The van der Waals surface area contributed by atoms with Crippen molar-refractivity contribution >= 4 is 33.6 Å².